The van der Waals surface area contributed by atoms with Gasteiger partial charge in [-0.25, -0.2) is 0 Å². The van der Waals surface area contributed by atoms with E-state index in [0.29, 0.717) is 0 Å². The van der Waals surface area contributed by atoms with E-state index in [0.717, 1.165) is 11.8 Å². The molecule has 7 heavy (non-hydrogen) atoms. The molecule has 0 amide bonds. The summed E-state index contributed by atoms with van der Waals surface area (Å²) in [7, 11) is 0. The van der Waals surface area contributed by atoms with Gasteiger partial charge in [0.2, 0.25) is 0 Å². The molecule has 0 aromatic carbocycles. The highest BCUT2D eigenvalue weighted by Crippen LogP contribution is 2.48. The number of allylic oxidation sites excluding steroid dienone is 2. The fourth-order valence-electron chi connectivity index (χ4n) is 1.55. The maximum Gasteiger partial charge on any atom is -0.0160 e. The van der Waals surface area contributed by atoms with Gasteiger partial charge in [-0.15, -0.1) is 0 Å². The van der Waals surface area contributed by atoms with Gasteiger partial charge in [0.05, 0.1) is 0 Å². The Balaban J connectivity index is 2.23. The Kier molecular flexibility index (Phi) is 0.495. The smallest absolute Gasteiger partial charge is 0.0160 e. The third-order valence-corrected chi connectivity index (χ3v) is 2.00. The van der Waals surface area contributed by atoms with E-state index in [-0.39, 0.29) is 0 Å². The molecule has 0 aromatic heterocycles. The normalized spacial score (nSPS) is 45.6. The zero-order chi connectivity index (χ0) is 4.85. The van der Waals surface area contributed by atoms with Gasteiger partial charge in [0.1, 0.15) is 0 Å². The van der Waals surface area contributed by atoms with Crippen LogP contribution in [0.25, 0.3) is 0 Å². The lowest BCUT2D eigenvalue weighted by molar-refractivity contribution is 0.630. The molecule has 0 aromatic rings. The molecule has 2 aliphatic rings. The Bertz CT molecular complexity index is 122. The van der Waals surface area contributed by atoms with Crippen molar-refractivity contribution in [3.05, 3.63) is 11.6 Å². The molecule has 1 fully saturated rings. The summed E-state index contributed by atoms with van der Waals surface area (Å²) in [6, 6.07) is 0. The lowest BCUT2D eigenvalue weighted by atomic mass is 10.1. The Morgan fingerprint density at radius 3 is 2.86 bits per heavy atom. The van der Waals surface area contributed by atoms with Crippen LogP contribution in [0.3, 0.4) is 0 Å². The first-order valence-corrected chi connectivity index (χ1v) is 3.07. The molecule has 0 heterocycles. The molecule has 0 saturated heterocycles. The Morgan fingerprint density at radius 1 is 1.71 bits per heavy atom. The van der Waals surface area contributed by atoms with Gasteiger partial charge in [-0.05, 0) is 24.7 Å². The van der Waals surface area contributed by atoms with Gasteiger partial charge in [-0.1, -0.05) is 18.6 Å². The Labute approximate surface area is 44.2 Å². The van der Waals surface area contributed by atoms with Crippen molar-refractivity contribution < 1.29 is 0 Å². The SMILES string of the molecule is CC1C=C2CC2C1. The lowest BCUT2D eigenvalue weighted by Gasteiger charge is -1.94. The van der Waals surface area contributed by atoms with Gasteiger partial charge in [0.15, 0.2) is 0 Å². The molecule has 2 rings (SSSR count). The molecule has 0 radical (unpaired) electrons. The monoisotopic (exact) mass is 94.1 g/mol. The first-order chi connectivity index (χ1) is 3.36. The summed E-state index contributed by atoms with van der Waals surface area (Å²) in [5.74, 6) is 1.96. The minimum absolute atomic E-state index is 0.911. The van der Waals surface area contributed by atoms with E-state index in [1.165, 1.54) is 12.8 Å². The van der Waals surface area contributed by atoms with Crippen molar-refractivity contribution in [2.45, 2.75) is 19.8 Å². The van der Waals surface area contributed by atoms with E-state index < -0.39 is 0 Å². The van der Waals surface area contributed by atoms with Crippen LogP contribution in [0.4, 0.5) is 0 Å². The number of fused-ring (bicyclic) bond motifs is 1. The molecule has 2 unspecified atom stereocenters. The van der Waals surface area contributed by atoms with Crippen LogP contribution in [0, 0.1) is 11.8 Å². The van der Waals surface area contributed by atoms with E-state index in [2.05, 4.69) is 13.0 Å². The van der Waals surface area contributed by atoms with E-state index in [1.807, 2.05) is 0 Å². The third kappa shape index (κ3) is 0.425. The molecule has 0 heteroatoms. The third-order valence-electron chi connectivity index (χ3n) is 2.00. The molecule has 1 saturated carbocycles. The van der Waals surface area contributed by atoms with Gasteiger partial charge < -0.3 is 0 Å². The lowest BCUT2D eigenvalue weighted by Crippen LogP contribution is -1.83. The van der Waals surface area contributed by atoms with E-state index in [1.54, 1.807) is 5.57 Å². The summed E-state index contributed by atoms with van der Waals surface area (Å²) in [5, 5.41) is 0. The summed E-state index contributed by atoms with van der Waals surface area (Å²) < 4.78 is 0. The predicted octanol–water partition coefficient (Wildman–Crippen LogP) is 1.97. The van der Waals surface area contributed by atoms with Crippen LogP contribution in [0.1, 0.15) is 19.8 Å². The molecule has 2 aliphatic carbocycles. The maximum atomic E-state index is 2.44. The van der Waals surface area contributed by atoms with Gasteiger partial charge in [-0.3, -0.25) is 0 Å². The average Bonchev–Trinajstić information content (AvgIpc) is 2.15. The summed E-state index contributed by atoms with van der Waals surface area (Å²) in [6.07, 6.45) is 5.32. The molecule has 0 spiro atoms. The number of rotatable bonds is 0. The van der Waals surface area contributed by atoms with Crippen molar-refractivity contribution in [1.82, 2.24) is 0 Å². The second-order valence-corrected chi connectivity index (χ2v) is 2.86. The Hall–Kier alpha value is -0.260. The standard InChI is InChI=1S/C7H10/c1-5-2-6-4-7(6)3-5/h2,5,7H,3-4H2,1H3. The highest BCUT2D eigenvalue weighted by atomic mass is 14.4. The van der Waals surface area contributed by atoms with E-state index >= 15 is 0 Å². The summed E-state index contributed by atoms with van der Waals surface area (Å²) in [6.45, 7) is 2.30. The summed E-state index contributed by atoms with van der Waals surface area (Å²) in [5.41, 5.74) is 1.74. The minimum atomic E-state index is 0.911. The minimum Gasteiger partial charge on any atom is -0.0822 e. The molecule has 0 nitrogen and oxygen atoms in total. The van der Waals surface area contributed by atoms with E-state index in [4.69, 9.17) is 0 Å². The van der Waals surface area contributed by atoms with Crippen molar-refractivity contribution in [1.29, 1.82) is 0 Å². The van der Waals surface area contributed by atoms with Crippen molar-refractivity contribution >= 4 is 0 Å². The van der Waals surface area contributed by atoms with Crippen molar-refractivity contribution in [2.75, 3.05) is 0 Å². The molecular formula is C7H10. The molecule has 0 N–H and O–H groups in total. The quantitative estimate of drug-likeness (QED) is 0.402. The van der Waals surface area contributed by atoms with Crippen molar-refractivity contribution in [2.24, 2.45) is 11.8 Å². The first-order valence-electron chi connectivity index (χ1n) is 3.07. The number of hydrogen-bond donors (Lipinski definition) is 0. The van der Waals surface area contributed by atoms with Crippen LogP contribution < -0.4 is 0 Å². The second kappa shape index (κ2) is 0.936. The molecule has 0 bridgehead atoms. The van der Waals surface area contributed by atoms with Crippen LogP contribution in [-0.2, 0) is 0 Å². The van der Waals surface area contributed by atoms with Gasteiger partial charge in [-0.2, -0.15) is 0 Å². The van der Waals surface area contributed by atoms with E-state index in [9.17, 15) is 0 Å². The fourth-order valence-corrected chi connectivity index (χ4v) is 1.55. The number of hydrogen-bond acceptors (Lipinski definition) is 0. The largest absolute Gasteiger partial charge is 0.0822 e. The Morgan fingerprint density at radius 2 is 2.57 bits per heavy atom. The first kappa shape index (κ1) is 3.71. The average molecular weight is 94.2 g/mol. The van der Waals surface area contributed by atoms with Crippen LogP contribution in [0.15, 0.2) is 11.6 Å². The van der Waals surface area contributed by atoms with Crippen LogP contribution >= 0.6 is 0 Å². The van der Waals surface area contributed by atoms with Gasteiger partial charge in [0.25, 0.3) is 0 Å². The van der Waals surface area contributed by atoms with Crippen molar-refractivity contribution in [3.8, 4) is 0 Å². The summed E-state index contributed by atoms with van der Waals surface area (Å²) >= 11 is 0. The topological polar surface area (TPSA) is 0 Å². The second-order valence-electron chi connectivity index (χ2n) is 2.86. The van der Waals surface area contributed by atoms with Gasteiger partial charge >= 0.3 is 0 Å². The van der Waals surface area contributed by atoms with Gasteiger partial charge in [0, 0.05) is 0 Å². The molecule has 38 valence electrons. The molecule has 2 atom stereocenters. The van der Waals surface area contributed by atoms with Crippen molar-refractivity contribution in [3.63, 3.8) is 0 Å². The molecule has 0 aliphatic heterocycles. The highest BCUT2D eigenvalue weighted by Gasteiger charge is 2.35. The van der Waals surface area contributed by atoms with Crippen LogP contribution in [-0.4, -0.2) is 0 Å². The predicted molar refractivity (Wildman–Crippen MR) is 30.0 cm³/mol. The molecular weight excluding hydrogens is 84.1 g/mol. The summed E-state index contributed by atoms with van der Waals surface area (Å²) in [4.78, 5) is 0. The zero-order valence-electron chi connectivity index (χ0n) is 4.65. The zero-order valence-corrected chi connectivity index (χ0v) is 4.65. The highest BCUT2D eigenvalue weighted by molar-refractivity contribution is 5.29. The van der Waals surface area contributed by atoms with Crippen LogP contribution in [0.5, 0.6) is 0 Å². The maximum absolute atomic E-state index is 2.44. The van der Waals surface area contributed by atoms with Crippen LogP contribution in [0.2, 0.25) is 0 Å². The fraction of sp³-hybridized carbons (Fsp3) is 0.714.